The second-order valence-electron chi connectivity index (χ2n) is 7.35. The maximum atomic E-state index is 5.85. The van der Waals surface area contributed by atoms with Crippen LogP contribution in [0.3, 0.4) is 0 Å². The van der Waals surface area contributed by atoms with E-state index in [4.69, 9.17) is 9.73 Å². The molecule has 2 atom stereocenters. The van der Waals surface area contributed by atoms with Crippen LogP contribution < -0.4 is 5.32 Å². The molecule has 1 N–H and O–H groups in total. The number of guanidine groups is 1. The van der Waals surface area contributed by atoms with Gasteiger partial charge in [0.1, 0.15) is 0 Å². The number of nitrogens with one attached hydrogen (secondary N) is 1. The van der Waals surface area contributed by atoms with Crippen molar-refractivity contribution in [2.75, 3.05) is 52.4 Å². The van der Waals surface area contributed by atoms with Gasteiger partial charge in [-0.25, -0.2) is 0 Å². The molecule has 1 aliphatic heterocycles. The molecule has 1 heterocycles. The zero-order valence-corrected chi connectivity index (χ0v) is 17.6. The largest absolute Gasteiger partial charge is 0.378 e. The minimum Gasteiger partial charge on any atom is -0.378 e. The van der Waals surface area contributed by atoms with Crippen LogP contribution in [0.25, 0.3) is 0 Å². The fourth-order valence-corrected chi connectivity index (χ4v) is 3.57. The molecule has 0 aliphatic carbocycles. The summed E-state index contributed by atoms with van der Waals surface area (Å²) in [7, 11) is 0. The van der Waals surface area contributed by atoms with Gasteiger partial charge in [-0.05, 0) is 51.6 Å². The van der Waals surface area contributed by atoms with Crippen molar-refractivity contribution in [1.82, 2.24) is 15.1 Å². The Morgan fingerprint density at radius 3 is 2.52 bits per heavy atom. The lowest BCUT2D eigenvalue weighted by Crippen LogP contribution is -2.41. The van der Waals surface area contributed by atoms with E-state index in [2.05, 4.69) is 56.7 Å². The van der Waals surface area contributed by atoms with Gasteiger partial charge >= 0.3 is 0 Å². The van der Waals surface area contributed by atoms with Gasteiger partial charge in [-0.3, -0.25) is 4.99 Å². The Morgan fingerprint density at radius 2 is 1.96 bits per heavy atom. The minimum absolute atomic E-state index is 0.311. The molecule has 1 rings (SSSR count). The zero-order valence-electron chi connectivity index (χ0n) is 17.6. The number of hydrogen-bond acceptors (Lipinski definition) is 3. The van der Waals surface area contributed by atoms with Crippen molar-refractivity contribution in [3.8, 4) is 0 Å². The predicted octanol–water partition coefficient (Wildman–Crippen LogP) is 3.07. The van der Waals surface area contributed by atoms with Crippen LogP contribution in [0.15, 0.2) is 4.99 Å². The highest BCUT2D eigenvalue weighted by Gasteiger charge is 2.26. The van der Waals surface area contributed by atoms with E-state index in [1.165, 1.54) is 13.0 Å². The van der Waals surface area contributed by atoms with Gasteiger partial charge < -0.3 is 19.9 Å². The highest BCUT2D eigenvalue weighted by atomic mass is 16.5. The normalized spacial score (nSPS) is 19.9. The molecule has 0 bridgehead atoms. The maximum Gasteiger partial charge on any atom is 0.193 e. The third-order valence-electron chi connectivity index (χ3n) is 5.13. The lowest BCUT2D eigenvalue weighted by atomic mass is 10.0. The first-order chi connectivity index (χ1) is 12.0. The Labute approximate surface area is 156 Å². The number of nitrogens with zero attached hydrogens (tertiary/aromatic N) is 3. The molecule has 2 unspecified atom stereocenters. The molecule has 0 radical (unpaired) electrons. The Balaban J connectivity index is 2.55. The van der Waals surface area contributed by atoms with E-state index in [0.717, 1.165) is 64.2 Å². The highest BCUT2D eigenvalue weighted by Crippen LogP contribution is 2.18. The fourth-order valence-electron chi connectivity index (χ4n) is 3.57. The van der Waals surface area contributed by atoms with E-state index >= 15 is 0 Å². The summed E-state index contributed by atoms with van der Waals surface area (Å²) in [6.07, 6.45) is 2.58. The van der Waals surface area contributed by atoms with Crippen molar-refractivity contribution in [3.63, 3.8) is 0 Å². The van der Waals surface area contributed by atoms with E-state index < -0.39 is 0 Å². The van der Waals surface area contributed by atoms with Crippen molar-refractivity contribution in [3.05, 3.63) is 0 Å². The van der Waals surface area contributed by atoms with Gasteiger partial charge in [-0.2, -0.15) is 0 Å². The zero-order chi connectivity index (χ0) is 18.7. The molecule has 0 aromatic heterocycles. The van der Waals surface area contributed by atoms with E-state index in [0.29, 0.717) is 12.0 Å². The lowest BCUT2D eigenvalue weighted by Gasteiger charge is -2.25. The fraction of sp³-hybridized carbons (Fsp3) is 0.950. The number of aliphatic imine (C=N–C) groups is 1. The second kappa shape index (κ2) is 12.5. The topological polar surface area (TPSA) is 40.1 Å². The molecule has 5 nitrogen and oxygen atoms in total. The Kier molecular flexibility index (Phi) is 11.1. The minimum atomic E-state index is 0.311. The van der Waals surface area contributed by atoms with Crippen LogP contribution >= 0.6 is 0 Å². The summed E-state index contributed by atoms with van der Waals surface area (Å²) in [6.45, 7) is 21.5. The van der Waals surface area contributed by atoms with Gasteiger partial charge in [-0.1, -0.05) is 27.7 Å². The number of likely N-dealkylation sites (tertiary alicyclic amines) is 1. The van der Waals surface area contributed by atoms with Gasteiger partial charge in [0, 0.05) is 39.3 Å². The van der Waals surface area contributed by atoms with Crippen LogP contribution in [-0.2, 0) is 4.74 Å². The maximum absolute atomic E-state index is 5.85. The van der Waals surface area contributed by atoms with Crippen molar-refractivity contribution < 1.29 is 4.74 Å². The molecule has 0 saturated carbocycles. The molecule has 0 aromatic carbocycles. The van der Waals surface area contributed by atoms with Crippen molar-refractivity contribution >= 4 is 5.96 Å². The molecule has 5 heteroatoms. The van der Waals surface area contributed by atoms with Crippen LogP contribution in [0.1, 0.15) is 54.4 Å². The SMILES string of the molecule is CCNC(=NCCC(OCC)C(C)C)N1CCC(CN(CC)CC)C1. The molecule has 0 aromatic rings. The van der Waals surface area contributed by atoms with Gasteiger partial charge in [0.15, 0.2) is 5.96 Å². The first-order valence-electron chi connectivity index (χ1n) is 10.4. The van der Waals surface area contributed by atoms with Crippen LogP contribution in [-0.4, -0.2) is 74.3 Å². The van der Waals surface area contributed by atoms with Gasteiger partial charge in [-0.15, -0.1) is 0 Å². The molecular weight excluding hydrogens is 312 g/mol. The van der Waals surface area contributed by atoms with E-state index in [1.807, 2.05) is 0 Å². The van der Waals surface area contributed by atoms with Crippen molar-refractivity contribution in [2.24, 2.45) is 16.8 Å². The van der Waals surface area contributed by atoms with Crippen LogP contribution in [0, 0.1) is 11.8 Å². The molecule has 1 fully saturated rings. The van der Waals surface area contributed by atoms with Gasteiger partial charge in [0.05, 0.1) is 6.10 Å². The van der Waals surface area contributed by atoms with E-state index in [1.54, 1.807) is 0 Å². The van der Waals surface area contributed by atoms with E-state index in [-0.39, 0.29) is 0 Å². The smallest absolute Gasteiger partial charge is 0.193 e. The summed E-state index contributed by atoms with van der Waals surface area (Å²) < 4.78 is 5.85. The van der Waals surface area contributed by atoms with Crippen molar-refractivity contribution in [2.45, 2.75) is 60.5 Å². The monoisotopic (exact) mass is 354 g/mol. The summed E-state index contributed by atoms with van der Waals surface area (Å²) in [4.78, 5) is 9.87. The second-order valence-corrected chi connectivity index (χ2v) is 7.35. The first-order valence-corrected chi connectivity index (χ1v) is 10.4. The molecule has 1 aliphatic rings. The highest BCUT2D eigenvalue weighted by molar-refractivity contribution is 5.80. The summed E-state index contributed by atoms with van der Waals surface area (Å²) in [5.74, 6) is 2.39. The Morgan fingerprint density at radius 1 is 1.24 bits per heavy atom. The van der Waals surface area contributed by atoms with Gasteiger partial charge in [0.2, 0.25) is 0 Å². The third-order valence-corrected chi connectivity index (χ3v) is 5.13. The van der Waals surface area contributed by atoms with Crippen LogP contribution in [0.4, 0.5) is 0 Å². The molecule has 1 saturated heterocycles. The average molecular weight is 355 g/mol. The summed E-state index contributed by atoms with van der Waals surface area (Å²) in [6, 6.07) is 0. The predicted molar refractivity (Wildman–Crippen MR) is 108 cm³/mol. The third kappa shape index (κ3) is 7.95. The van der Waals surface area contributed by atoms with Crippen molar-refractivity contribution in [1.29, 1.82) is 0 Å². The molecule has 25 heavy (non-hydrogen) atoms. The average Bonchev–Trinajstić information content (AvgIpc) is 3.06. The Hall–Kier alpha value is -0.810. The summed E-state index contributed by atoms with van der Waals surface area (Å²) in [5, 5.41) is 3.48. The standard InChI is InChI=1S/C20H42N4O/c1-7-21-20(22-13-11-19(17(5)6)25-10-4)24-14-12-18(16-24)15-23(8-2)9-3/h17-19H,7-16H2,1-6H3,(H,21,22). The number of ether oxygens (including phenoxy) is 1. The summed E-state index contributed by atoms with van der Waals surface area (Å²) in [5.41, 5.74) is 0. The molecule has 148 valence electrons. The molecular formula is C20H42N4O. The Bertz CT molecular complexity index is 369. The molecule has 0 amide bonds. The van der Waals surface area contributed by atoms with Gasteiger partial charge in [0.25, 0.3) is 0 Å². The van der Waals surface area contributed by atoms with Crippen LogP contribution in [0.2, 0.25) is 0 Å². The number of rotatable bonds is 11. The molecule has 0 spiro atoms. The van der Waals surface area contributed by atoms with Crippen LogP contribution in [0.5, 0.6) is 0 Å². The van der Waals surface area contributed by atoms with E-state index in [9.17, 15) is 0 Å². The lowest BCUT2D eigenvalue weighted by molar-refractivity contribution is 0.0266. The summed E-state index contributed by atoms with van der Waals surface area (Å²) >= 11 is 0. The first kappa shape index (κ1) is 22.2. The quantitative estimate of drug-likeness (QED) is 0.457. The number of hydrogen-bond donors (Lipinski definition) is 1.